The molecule has 0 aromatic carbocycles. The Bertz CT molecular complexity index is 620. The number of hydrogen-bond donors (Lipinski definition) is 1. The highest BCUT2D eigenvalue weighted by atomic mass is 32.1. The first kappa shape index (κ1) is 12.6. The van der Waals surface area contributed by atoms with Crippen LogP contribution < -0.4 is 10.9 Å². The number of anilines is 1. The molecule has 1 aliphatic rings. The van der Waals surface area contributed by atoms with Crippen molar-refractivity contribution < 1.29 is 0 Å². The minimum absolute atomic E-state index is 0.121. The zero-order chi connectivity index (χ0) is 13.2. The highest BCUT2D eigenvalue weighted by Crippen LogP contribution is 2.26. The van der Waals surface area contributed by atoms with E-state index in [1.54, 1.807) is 0 Å². The molecule has 5 nitrogen and oxygen atoms in total. The molecular formula is C13H18N4OS. The number of nitrogens with one attached hydrogen (secondary N) is 1. The molecule has 0 saturated heterocycles. The summed E-state index contributed by atoms with van der Waals surface area (Å²) in [5, 5.41) is 8.57. The average Bonchev–Trinajstić information content (AvgIpc) is 2.69. The summed E-state index contributed by atoms with van der Waals surface area (Å²) in [6.45, 7) is 2.32. The normalized spacial score (nSPS) is 24.3. The third kappa shape index (κ3) is 2.78. The van der Waals surface area contributed by atoms with Crippen molar-refractivity contribution in [2.24, 2.45) is 5.92 Å². The summed E-state index contributed by atoms with van der Waals surface area (Å²) in [4.78, 5) is 16.4. The Kier molecular flexibility index (Phi) is 3.50. The summed E-state index contributed by atoms with van der Waals surface area (Å²) in [5.41, 5.74) is -0.121. The van der Waals surface area contributed by atoms with Crippen molar-refractivity contribution in [2.45, 2.75) is 45.1 Å². The molecule has 0 amide bonds. The maximum atomic E-state index is 11.6. The molecule has 2 aromatic heterocycles. The van der Waals surface area contributed by atoms with Crippen molar-refractivity contribution in [2.75, 3.05) is 5.32 Å². The molecule has 0 radical (unpaired) electrons. The van der Waals surface area contributed by atoms with Gasteiger partial charge in [0, 0.05) is 18.3 Å². The van der Waals surface area contributed by atoms with E-state index in [2.05, 4.69) is 22.3 Å². The zero-order valence-electron chi connectivity index (χ0n) is 11.0. The first-order valence-electron chi connectivity index (χ1n) is 6.84. The van der Waals surface area contributed by atoms with E-state index >= 15 is 0 Å². The lowest BCUT2D eigenvalue weighted by atomic mass is 10.0. The van der Waals surface area contributed by atoms with Gasteiger partial charge in [0.25, 0.3) is 5.56 Å². The van der Waals surface area contributed by atoms with Crippen LogP contribution >= 0.6 is 11.3 Å². The lowest BCUT2D eigenvalue weighted by molar-refractivity contribution is 0.502. The van der Waals surface area contributed by atoms with Gasteiger partial charge < -0.3 is 5.32 Å². The summed E-state index contributed by atoms with van der Waals surface area (Å²) in [7, 11) is 0. The molecule has 1 saturated carbocycles. The second-order valence-corrected chi connectivity index (χ2v) is 6.30. The molecule has 1 aliphatic carbocycles. The highest BCUT2D eigenvalue weighted by Gasteiger charge is 2.17. The lowest BCUT2D eigenvalue weighted by Gasteiger charge is -2.14. The molecule has 0 spiro atoms. The van der Waals surface area contributed by atoms with Crippen LogP contribution in [-0.4, -0.2) is 20.6 Å². The minimum Gasteiger partial charge on any atom is -0.357 e. The fourth-order valence-corrected chi connectivity index (χ4v) is 3.46. The molecule has 0 bridgehead atoms. The Morgan fingerprint density at radius 1 is 1.37 bits per heavy atom. The van der Waals surface area contributed by atoms with E-state index in [1.165, 1.54) is 60.2 Å². The van der Waals surface area contributed by atoms with E-state index in [-0.39, 0.29) is 5.56 Å². The van der Waals surface area contributed by atoms with Gasteiger partial charge in [-0.05, 0) is 25.2 Å². The molecule has 2 unspecified atom stereocenters. The van der Waals surface area contributed by atoms with E-state index < -0.39 is 0 Å². The van der Waals surface area contributed by atoms with E-state index in [0.717, 1.165) is 11.0 Å². The Hall–Kier alpha value is -1.43. The molecule has 2 atom stereocenters. The standard InChI is InChI=1S/C13H18N4OS/c1-9-3-2-4-10(6-5-9)15-12-16-17-11(18)7-8-14-13(17)19-12/h7-10H,2-6H2,1H3,(H,15,16). The van der Waals surface area contributed by atoms with Crippen LogP contribution in [0.2, 0.25) is 0 Å². The molecule has 2 aromatic rings. The maximum absolute atomic E-state index is 11.6. The Balaban J connectivity index is 1.77. The van der Waals surface area contributed by atoms with E-state index in [9.17, 15) is 4.79 Å². The van der Waals surface area contributed by atoms with Gasteiger partial charge in [-0.2, -0.15) is 4.52 Å². The van der Waals surface area contributed by atoms with Gasteiger partial charge in [0.1, 0.15) is 0 Å². The fraction of sp³-hybridized carbons (Fsp3) is 0.615. The lowest BCUT2D eigenvalue weighted by Crippen LogP contribution is -2.19. The molecule has 2 heterocycles. The first-order chi connectivity index (χ1) is 9.22. The van der Waals surface area contributed by atoms with Crippen LogP contribution in [0.15, 0.2) is 17.1 Å². The van der Waals surface area contributed by atoms with Crippen molar-refractivity contribution >= 4 is 21.4 Å². The number of rotatable bonds is 2. The van der Waals surface area contributed by atoms with Crippen LogP contribution in [0.4, 0.5) is 5.13 Å². The summed E-state index contributed by atoms with van der Waals surface area (Å²) in [5.74, 6) is 0.825. The van der Waals surface area contributed by atoms with E-state index in [0.29, 0.717) is 11.0 Å². The Morgan fingerprint density at radius 2 is 2.26 bits per heavy atom. The zero-order valence-corrected chi connectivity index (χ0v) is 11.8. The maximum Gasteiger partial charge on any atom is 0.275 e. The van der Waals surface area contributed by atoms with Crippen LogP contribution in [-0.2, 0) is 0 Å². The van der Waals surface area contributed by atoms with Gasteiger partial charge in [0.2, 0.25) is 10.1 Å². The van der Waals surface area contributed by atoms with Gasteiger partial charge in [0.15, 0.2) is 0 Å². The van der Waals surface area contributed by atoms with Crippen LogP contribution in [0, 0.1) is 5.92 Å². The van der Waals surface area contributed by atoms with Crippen LogP contribution in [0.5, 0.6) is 0 Å². The summed E-state index contributed by atoms with van der Waals surface area (Å²) in [6, 6.07) is 1.91. The molecule has 1 fully saturated rings. The smallest absolute Gasteiger partial charge is 0.275 e. The van der Waals surface area contributed by atoms with Gasteiger partial charge in [-0.3, -0.25) is 4.79 Å². The molecule has 1 N–H and O–H groups in total. The number of nitrogens with zero attached hydrogens (tertiary/aromatic N) is 3. The Morgan fingerprint density at radius 3 is 3.11 bits per heavy atom. The molecule has 19 heavy (non-hydrogen) atoms. The topological polar surface area (TPSA) is 59.3 Å². The van der Waals surface area contributed by atoms with Gasteiger partial charge in [-0.25, -0.2) is 4.98 Å². The Labute approximate surface area is 115 Å². The molecule has 3 rings (SSSR count). The molecule has 0 aliphatic heterocycles. The van der Waals surface area contributed by atoms with Crippen molar-refractivity contribution in [3.63, 3.8) is 0 Å². The van der Waals surface area contributed by atoms with Crippen molar-refractivity contribution in [3.8, 4) is 0 Å². The number of aromatic nitrogens is 3. The third-order valence-corrected chi connectivity index (χ3v) is 4.61. The van der Waals surface area contributed by atoms with Gasteiger partial charge in [-0.15, -0.1) is 5.10 Å². The monoisotopic (exact) mass is 278 g/mol. The third-order valence-electron chi connectivity index (χ3n) is 3.76. The second kappa shape index (κ2) is 5.28. The number of hydrogen-bond acceptors (Lipinski definition) is 5. The molecule has 6 heteroatoms. The predicted octanol–water partition coefficient (Wildman–Crippen LogP) is 2.53. The fourth-order valence-electron chi connectivity index (χ4n) is 2.61. The van der Waals surface area contributed by atoms with E-state index in [1.807, 2.05) is 0 Å². The van der Waals surface area contributed by atoms with Gasteiger partial charge >= 0.3 is 0 Å². The predicted molar refractivity (Wildman–Crippen MR) is 76.8 cm³/mol. The highest BCUT2D eigenvalue weighted by molar-refractivity contribution is 7.20. The average molecular weight is 278 g/mol. The quantitative estimate of drug-likeness (QED) is 0.858. The van der Waals surface area contributed by atoms with Crippen LogP contribution in [0.1, 0.15) is 39.0 Å². The molecular weight excluding hydrogens is 260 g/mol. The first-order valence-corrected chi connectivity index (χ1v) is 7.65. The van der Waals surface area contributed by atoms with E-state index in [4.69, 9.17) is 0 Å². The SMILES string of the molecule is CC1CCCC(Nc2nn3c(=O)ccnc3s2)CC1. The van der Waals surface area contributed by atoms with Crippen molar-refractivity contribution in [1.29, 1.82) is 0 Å². The summed E-state index contributed by atoms with van der Waals surface area (Å²) >= 11 is 1.44. The minimum atomic E-state index is -0.121. The molecule has 102 valence electrons. The summed E-state index contributed by atoms with van der Waals surface area (Å²) in [6.07, 6.45) is 7.75. The second-order valence-electron chi connectivity index (χ2n) is 5.34. The van der Waals surface area contributed by atoms with Crippen LogP contribution in [0.25, 0.3) is 4.96 Å². The van der Waals surface area contributed by atoms with Gasteiger partial charge in [-0.1, -0.05) is 31.1 Å². The van der Waals surface area contributed by atoms with Gasteiger partial charge in [0.05, 0.1) is 0 Å². The van der Waals surface area contributed by atoms with Crippen molar-refractivity contribution in [3.05, 3.63) is 22.6 Å². The summed E-state index contributed by atoms with van der Waals surface area (Å²) < 4.78 is 1.37. The largest absolute Gasteiger partial charge is 0.357 e. The number of fused-ring (bicyclic) bond motifs is 1. The van der Waals surface area contributed by atoms with Crippen LogP contribution in [0.3, 0.4) is 0 Å². The van der Waals surface area contributed by atoms with Crippen molar-refractivity contribution in [1.82, 2.24) is 14.6 Å².